The van der Waals surface area contributed by atoms with Gasteiger partial charge in [0.1, 0.15) is 17.2 Å². The third-order valence-electron chi connectivity index (χ3n) is 4.34. The summed E-state index contributed by atoms with van der Waals surface area (Å²) in [6.07, 6.45) is 1.61. The number of ether oxygens (including phenoxy) is 1. The molecule has 0 radical (unpaired) electrons. The standard InChI is InChI=1S/C23H17NO5/c1-2-27-22(25)17-10-8-15(9-11-17)20-13-12-18(28-20)14-19-21(24-29-23(19)26)16-6-4-3-5-7-16/h3-14H,2H2,1H3/b19-14-. The van der Waals surface area contributed by atoms with Crippen LogP contribution in [-0.4, -0.2) is 24.3 Å². The van der Waals surface area contributed by atoms with Crippen molar-refractivity contribution in [3.05, 3.63) is 89.2 Å². The summed E-state index contributed by atoms with van der Waals surface area (Å²) in [6, 6.07) is 19.8. The Labute approximate surface area is 167 Å². The molecule has 0 bridgehead atoms. The van der Waals surface area contributed by atoms with E-state index in [1.807, 2.05) is 30.3 Å². The zero-order valence-electron chi connectivity index (χ0n) is 15.6. The molecule has 0 amide bonds. The Morgan fingerprint density at radius 1 is 1.00 bits per heavy atom. The summed E-state index contributed by atoms with van der Waals surface area (Å²) in [5.41, 5.74) is 2.85. The fourth-order valence-electron chi connectivity index (χ4n) is 2.93. The van der Waals surface area contributed by atoms with Crippen molar-refractivity contribution in [3.8, 4) is 11.3 Å². The molecule has 1 aliphatic heterocycles. The highest BCUT2D eigenvalue weighted by Crippen LogP contribution is 2.26. The topological polar surface area (TPSA) is 78.1 Å². The van der Waals surface area contributed by atoms with Crippen LogP contribution in [0.3, 0.4) is 0 Å². The second-order valence-electron chi connectivity index (χ2n) is 6.24. The number of furan rings is 1. The summed E-state index contributed by atoms with van der Waals surface area (Å²) in [7, 11) is 0. The van der Waals surface area contributed by atoms with E-state index in [-0.39, 0.29) is 5.97 Å². The summed E-state index contributed by atoms with van der Waals surface area (Å²) in [5.74, 6) is 0.209. The molecule has 2 aromatic carbocycles. The van der Waals surface area contributed by atoms with Crippen LogP contribution in [0, 0.1) is 0 Å². The molecule has 29 heavy (non-hydrogen) atoms. The molecule has 2 heterocycles. The van der Waals surface area contributed by atoms with Gasteiger partial charge in [0.05, 0.1) is 17.7 Å². The van der Waals surface area contributed by atoms with Crippen LogP contribution in [-0.2, 0) is 14.4 Å². The predicted molar refractivity (Wildman–Crippen MR) is 107 cm³/mol. The van der Waals surface area contributed by atoms with Gasteiger partial charge in [0.2, 0.25) is 0 Å². The number of carbonyl (C=O) groups is 2. The molecule has 4 rings (SSSR count). The van der Waals surface area contributed by atoms with E-state index < -0.39 is 5.97 Å². The van der Waals surface area contributed by atoms with Crippen LogP contribution >= 0.6 is 0 Å². The summed E-state index contributed by atoms with van der Waals surface area (Å²) >= 11 is 0. The maximum atomic E-state index is 12.1. The molecule has 0 saturated heterocycles. The van der Waals surface area contributed by atoms with Crippen LogP contribution in [0.1, 0.15) is 28.6 Å². The van der Waals surface area contributed by atoms with Gasteiger partial charge in [-0.1, -0.05) is 47.6 Å². The molecule has 0 spiro atoms. The Hall–Kier alpha value is -3.93. The molecule has 6 nitrogen and oxygen atoms in total. The summed E-state index contributed by atoms with van der Waals surface area (Å²) < 4.78 is 10.8. The molecule has 0 atom stereocenters. The SMILES string of the molecule is CCOC(=O)c1ccc(-c2ccc(/C=C3\C(=O)ON=C3c3ccccc3)o2)cc1. The van der Waals surface area contributed by atoms with Gasteiger partial charge in [0, 0.05) is 11.1 Å². The Morgan fingerprint density at radius 3 is 2.48 bits per heavy atom. The van der Waals surface area contributed by atoms with E-state index in [4.69, 9.17) is 14.0 Å². The van der Waals surface area contributed by atoms with E-state index >= 15 is 0 Å². The molecular formula is C23H17NO5. The van der Waals surface area contributed by atoms with Crippen molar-refractivity contribution in [1.82, 2.24) is 0 Å². The lowest BCUT2D eigenvalue weighted by Crippen LogP contribution is -2.06. The zero-order chi connectivity index (χ0) is 20.2. The zero-order valence-corrected chi connectivity index (χ0v) is 15.6. The minimum absolute atomic E-state index is 0.327. The maximum absolute atomic E-state index is 12.1. The molecule has 1 aromatic heterocycles. The quantitative estimate of drug-likeness (QED) is 0.367. The third kappa shape index (κ3) is 3.87. The minimum atomic E-state index is -0.527. The van der Waals surface area contributed by atoms with Crippen LogP contribution in [0.5, 0.6) is 0 Å². The first-order valence-electron chi connectivity index (χ1n) is 9.10. The van der Waals surface area contributed by atoms with Crippen molar-refractivity contribution in [3.63, 3.8) is 0 Å². The number of hydrogen-bond donors (Lipinski definition) is 0. The Balaban J connectivity index is 1.58. The van der Waals surface area contributed by atoms with Gasteiger partial charge in [0.15, 0.2) is 0 Å². The second kappa shape index (κ2) is 7.98. The second-order valence-corrected chi connectivity index (χ2v) is 6.24. The van der Waals surface area contributed by atoms with E-state index in [1.165, 1.54) is 0 Å². The molecule has 144 valence electrons. The molecule has 0 N–H and O–H groups in total. The molecule has 0 aliphatic carbocycles. The van der Waals surface area contributed by atoms with Gasteiger partial charge in [-0.2, -0.15) is 0 Å². The monoisotopic (exact) mass is 387 g/mol. The summed E-state index contributed by atoms with van der Waals surface area (Å²) in [4.78, 5) is 28.7. The smallest absolute Gasteiger partial charge is 0.368 e. The van der Waals surface area contributed by atoms with E-state index in [1.54, 1.807) is 49.4 Å². The van der Waals surface area contributed by atoms with Crippen molar-refractivity contribution < 1.29 is 23.6 Å². The van der Waals surface area contributed by atoms with E-state index in [0.29, 0.717) is 35.0 Å². The largest absolute Gasteiger partial charge is 0.462 e. The highest BCUT2D eigenvalue weighted by atomic mass is 16.7. The van der Waals surface area contributed by atoms with Gasteiger partial charge < -0.3 is 14.0 Å². The number of rotatable bonds is 5. The number of oxime groups is 1. The fourth-order valence-corrected chi connectivity index (χ4v) is 2.93. The van der Waals surface area contributed by atoms with E-state index in [0.717, 1.165) is 11.1 Å². The van der Waals surface area contributed by atoms with E-state index in [9.17, 15) is 9.59 Å². The van der Waals surface area contributed by atoms with Crippen LogP contribution in [0.4, 0.5) is 0 Å². The lowest BCUT2D eigenvalue weighted by Gasteiger charge is -2.02. The molecular weight excluding hydrogens is 370 g/mol. The Morgan fingerprint density at radius 2 is 1.76 bits per heavy atom. The molecule has 3 aromatic rings. The van der Waals surface area contributed by atoms with Crippen molar-refractivity contribution in [2.75, 3.05) is 6.61 Å². The molecule has 0 fully saturated rings. The van der Waals surface area contributed by atoms with Crippen molar-refractivity contribution in [2.24, 2.45) is 5.16 Å². The first-order chi connectivity index (χ1) is 14.2. The first kappa shape index (κ1) is 18.4. The Bertz CT molecular complexity index is 1110. The van der Waals surface area contributed by atoms with Crippen LogP contribution in [0.25, 0.3) is 17.4 Å². The van der Waals surface area contributed by atoms with E-state index in [2.05, 4.69) is 5.16 Å². The lowest BCUT2D eigenvalue weighted by atomic mass is 10.0. The van der Waals surface area contributed by atoms with Gasteiger partial charge in [-0.25, -0.2) is 9.59 Å². The number of benzene rings is 2. The van der Waals surface area contributed by atoms with Gasteiger partial charge in [-0.3, -0.25) is 0 Å². The normalized spacial score (nSPS) is 14.6. The summed E-state index contributed by atoms with van der Waals surface area (Å²) in [5, 5.41) is 3.88. The highest BCUT2D eigenvalue weighted by molar-refractivity contribution is 6.31. The van der Waals surface area contributed by atoms with Gasteiger partial charge in [0.25, 0.3) is 0 Å². The lowest BCUT2D eigenvalue weighted by molar-refractivity contribution is -0.136. The average Bonchev–Trinajstić information content (AvgIpc) is 3.37. The number of nitrogens with zero attached hydrogens (tertiary/aromatic N) is 1. The fraction of sp³-hybridized carbons (Fsp3) is 0.0870. The average molecular weight is 387 g/mol. The van der Waals surface area contributed by atoms with Gasteiger partial charge in [-0.15, -0.1) is 0 Å². The molecule has 6 heteroatoms. The first-order valence-corrected chi connectivity index (χ1v) is 9.10. The number of esters is 1. The van der Waals surface area contributed by atoms with Gasteiger partial charge in [-0.05, 0) is 37.3 Å². The van der Waals surface area contributed by atoms with Crippen molar-refractivity contribution in [1.29, 1.82) is 0 Å². The van der Waals surface area contributed by atoms with Gasteiger partial charge >= 0.3 is 11.9 Å². The predicted octanol–water partition coefficient (Wildman–Crippen LogP) is 4.47. The molecule has 1 aliphatic rings. The highest BCUT2D eigenvalue weighted by Gasteiger charge is 2.27. The van der Waals surface area contributed by atoms with Crippen LogP contribution in [0.15, 0.2) is 81.9 Å². The van der Waals surface area contributed by atoms with Crippen LogP contribution in [0.2, 0.25) is 0 Å². The number of hydrogen-bond acceptors (Lipinski definition) is 6. The van der Waals surface area contributed by atoms with Crippen molar-refractivity contribution >= 4 is 23.7 Å². The summed E-state index contributed by atoms with van der Waals surface area (Å²) in [6.45, 7) is 2.09. The maximum Gasteiger partial charge on any atom is 0.368 e. The van der Waals surface area contributed by atoms with Crippen LogP contribution < -0.4 is 0 Å². The Kier molecular flexibility index (Phi) is 5.07. The molecule has 0 saturated carbocycles. The van der Waals surface area contributed by atoms with Crippen molar-refractivity contribution in [2.45, 2.75) is 6.92 Å². The third-order valence-corrected chi connectivity index (χ3v) is 4.34. The number of carbonyl (C=O) groups excluding carboxylic acids is 2. The molecule has 0 unspecified atom stereocenters. The minimum Gasteiger partial charge on any atom is -0.462 e.